The van der Waals surface area contributed by atoms with Crippen LogP contribution >= 0.6 is 0 Å². The lowest BCUT2D eigenvalue weighted by Crippen LogP contribution is -2.69. The smallest absolute Gasteiger partial charge is 0.226 e. The maximum absolute atomic E-state index is 14.5. The van der Waals surface area contributed by atoms with E-state index in [2.05, 4.69) is 46.4 Å². The lowest BCUT2D eigenvalue weighted by atomic mass is 9.31. The molecule has 0 aromatic heterocycles. The van der Waals surface area contributed by atoms with E-state index >= 15 is 0 Å². The third kappa shape index (κ3) is 3.28. The van der Waals surface area contributed by atoms with Crippen LogP contribution in [0.4, 0.5) is 0 Å². The number of hydrogen-bond acceptors (Lipinski definition) is 3. The van der Waals surface area contributed by atoms with Crippen molar-refractivity contribution in [3.8, 4) is 0 Å². The summed E-state index contributed by atoms with van der Waals surface area (Å²) in [7, 11) is 0. The second kappa shape index (κ2) is 8.03. The SMILES string of the molecule is [C-]#[N+]C1=C[C@]2(C)[C@H]3CC(=O)[C@@H]4[C@@H]5CC(C)(C)CC[C@]5(C(O)CC)CC[C@@]4(C)[C@]3(C)CC[C@H]2C(C)(C)C1=O. The molecular formula is C33H49NO3. The Morgan fingerprint density at radius 2 is 1.62 bits per heavy atom. The summed E-state index contributed by atoms with van der Waals surface area (Å²) in [5.41, 5.74) is -0.831. The highest BCUT2D eigenvalue weighted by molar-refractivity contribution is 6.02. The fourth-order valence-electron chi connectivity index (χ4n) is 11.3. The van der Waals surface area contributed by atoms with Crippen molar-refractivity contribution >= 4 is 11.6 Å². The van der Waals surface area contributed by atoms with Gasteiger partial charge in [-0.25, -0.2) is 4.85 Å². The molecule has 4 nitrogen and oxygen atoms in total. The fourth-order valence-corrected chi connectivity index (χ4v) is 11.3. The van der Waals surface area contributed by atoms with E-state index in [1.165, 1.54) is 0 Å². The van der Waals surface area contributed by atoms with Crippen LogP contribution in [0, 0.1) is 62.7 Å². The van der Waals surface area contributed by atoms with Crippen LogP contribution in [0.1, 0.15) is 113 Å². The summed E-state index contributed by atoms with van der Waals surface area (Å²) in [6, 6.07) is 0. The van der Waals surface area contributed by atoms with Crippen LogP contribution in [0.15, 0.2) is 11.8 Å². The van der Waals surface area contributed by atoms with Crippen molar-refractivity contribution in [3.63, 3.8) is 0 Å². The van der Waals surface area contributed by atoms with Gasteiger partial charge >= 0.3 is 0 Å². The number of ketones is 2. The highest BCUT2D eigenvalue weighted by Crippen LogP contribution is 2.76. The van der Waals surface area contributed by atoms with Gasteiger partial charge in [0.25, 0.3) is 0 Å². The molecule has 0 bridgehead atoms. The average molecular weight is 508 g/mol. The van der Waals surface area contributed by atoms with Gasteiger partial charge in [0.05, 0.1) is 12.7 Å². The molecule has 0 saturated heterocycles. The van der Waals surface area contributed by atoms with E-state index in [4.69, 9.17) is 6.57 Å². The Bertz CT molecular complexity index is 1100. The van der Waals surface area contributed by atoms with Gasteiger partial charge in [0, 0.05) is 17.8 Å². The second-order valence-electron chi connectivity index (χ2n) is 15.8. The molecule has 0 amide bonds. The van der Waals surface area contributed by atoms with E-state index in [-0.39, 0.29) is 68.3 Å². The normalized spacial score (nSPS) is 48.9. The monoisotopic (exact) mass is 507 g/mol. The minimum Gasteiger partial charge on any atom is -0.393 e. The van der Waals surface area contributed by atoms with Gasteiger partial charge in [-0.05, 0) is 96.2 Å². The molecule has 0 spiro atoms. The summed E-state index contributed by atoms with van der Waals surface area (Å²) < 4.78 is 0. The molecule has 5 aliphatic rings. The Labute approximate surface area is 224 Å². The van der Waals surface area contributed by atoms with Crippen LogP contribution < -0.4 is 0 Å². The fraction of sp³-hybridized carbons (Fsp3) is 0.848. The molecule has 0 radical (unpaired) electrons. The molecular weight excluding hydrogens is 458 g/mol. The first kappa shape index (κ1) is 27.1. The van der Waals surface area contributed by atoms with Crippen molar-refractivity contribution in [1.82, 2.24) is 0 Å². The summed E-state index contributed by atoms with van der Waals surface area (Å²) in [5, 5.41) is 11.5. The average Bonchev–Trinajstić information content (AvgIpc) is 2.82. The van der Waals surface area contributed by atoms with Crippen molar-refractivity contribution in [1.29, 1.82) is 0 Å². The molecule has 0 aromatic rings. The molecule has 4 fully saturated rings. The maximum Gasteiger partial charge on any atom is 0.226 e. The largest absolute Gasteiger partial charge is 0.393 e. The van der Waals surface area contributed by atoms with Crippen LogP contribution in [0.2, 0.25) is 0 Å². The van der Waals surface area contributed by atoms with E-state index in [1.54, 1.807) is 0 Å². The lowest BCUT2D eigenvalue weighted by Gasteiger charge is -2.72. The van der Waals surface area contributed by atoms with E-state index in [0.29, 0.717) is 12.2 Å². The Balaban J connectivity index is 1.64. The first-order valence-electron chi connectivity index (χ1n) is 14.9. The predicted octanol–water partition coefficient (Wildman–Crippen LogP) is 7.41. The molecule has 0 aliphatic heterocycles. The van der Waals surface area contributed by atoms with Crippen LogP contribution in [0.25, 0.3) is 4.85 Å². The standard InChI is InChI=1S/C33H49NO3/c1-10-25(36)33-15-13-28(2,3)18-20(33)26-22(35)17-24-30(6)19-21(34-9)27(37)29(4,5)23(30)11-12-31(24,7)32(26,8)14-16-33/h19-20,23-26,36H,10-18H2,1-8H3/t20-,23-,24+,25?,26-,30-,31+,32+,33-/m0/s1. The molecule has 5 aliphatic carbocycles. The van der Waals surface area contributed by atoms with Gasteiger partial charge in [-0.1, -0.05) is 61.5 Å². The predicted molar refractivity (Wildman–Crippen MR) is 146 cm³/mol. The van der Waals surface area contributed by atoms with Crippen LogP contribution in [-0.2, 0) is 9.59 Å². The molecule has 5 rings (SSSR count). The molecule has 204 valence electrons. The van der Waals surface area contributed by atoms with Gasteiger partial charge in [-0.2, -0.15) is 0 Å². The van der Waals surface area contributed by atoms with Crippen molar-refractivity contribution in [2.45, 2.75) is 119 Å². The van der Waals surface area contributed by atoms with E-state index < -0.39 is 5.41 Å². The van der Waals surface area contributed by atoms with Gasteiger partial charge in [0.1, 0.15) is 5.78 Å². The number of carbonyl (C=O) groups is 2. The topological polar surface area (TPSA) is 58.7 Å². The number of carbonyl (C=O) groups excluding carboxylic acids is 2. The number of fused-ring (bicyclic) bond motifs is 7. The van der Waals surface area contributed by atoms with E-state index in [9.17, 15) is 14.7 Å². The number of aliphatic hydroxyl groups excluding tert-OH is 1. The molecule has 1 N–H and O–H groups in total. The molecule has 1 unspecified atom stereocenters. The van der Waals surface area contributed by atoms with Crippen molar-refractivity contribution in [2.24, 2.45) is 56.2 Å². The molecule has 0 aromatic carbocycles. The zero-order chi connectivity index (χ0) is 27.4. The maximum atomic E-state index is 14.5. The number of nitrogens with zero attached hydrogens (tertiary/aromatic N) is 1. The Morgan fingerprint density at radius 1 is 0.973 bits per heavy atom. The van der Waals surface area contributed by atoms with E-state index in [0.717, 1.165) is 51.4 Å². The highest BCUT2D eigenvalue weighted by atomic mass is 16.3. The van der Waals surface area contributed by atoms with Crippen molar-refractivity contribution in [2.75, 3.05) is 0 Å². The Morgan fingerprint density at radius 3 is 2.24 bits per heavy atom. The third-order valence-electron chi connectivity index (χ3n) is 13.6. The molecule has 4 heteroatoms. The third-order valence-corrected chi connectivity index (χ3v) is 13.6. The van der Waals surface area contributed by atoms with Crippen molar-refractivity contribution < 1.29 is 14.7 Å². The summed E-state index contributed by atoms with van der Waals surface area (Å²) in [5.74, 6) is 0.819. The number of hydrogen-bond donors (Lipinski definition) is 1. The van der Waals surface area contributed by atoms with Gasteiger partial charge in [-0.15, -0.1) is 0 Å². The minimum atomic E-state index is -0.591. The zero-order valence-corrected chi connectivity index (χ0v) is 24.5. The van der Waals surface area contributed by atoms with Crippen LogP contribution in [-0.4, -0.2) is 22.8 Å². The summed E-state index contributed by atoms with van der Waals surface area (Å²) in [4.78, 5) is 31.5. The lowest BCUT2D eigenvalue weighted by molar-refractivity contribution is -0.234. The van der Waals surface area contributed by atoms with Gasteiger partial charge < -0.3 is 9.90 Å². The molecule has 37 heavy (non-hydrogen) atoms. The Kier molecular flexibility index (Phi) is 5.88. The summed E-state index contributed by atoms with van der Waals surface area (Å²) in [6.07, 6.45) is 10.0. The minimum absolute atomic E-state index is 0.0222. The molecule has 9 atom stereocenters. The number of Topliss-reactive ketones (excluding diaryl/α,β-unsaturated/α-hetero) is 2. The first-order chi connectivity index (χ1) is 17.0. The van der Waals surface area contributed by atoms with Gasteiger partial charge in [-0.3, -0.25) is 4.79 Å². The number of rotatable bonds is 2. The van der Waals surface area contributed by atoms with E-state index in [1.807, 2.05) is 19.9 Å². The second-order valence-corrected chi connectivity index (χ2v) is 15.8. The van der Waals surface area contributed by atoms with Crippen LogP contribution in [0.3, 0.4) is 0 Å². The quantitative estimate of drug-likeness (QED) is 0.396. The zero-order valence-electron chi connectivity index (χ0n) is 24.5. The summed E-state index contributed by atoms with van der Waals surface area (Å²) in [6.45, 7) is 25.7. The highest BCUT2D eigenvalue weighted by Gasteiger charge is 2.72. The van der Waals surface area contributed by atoms with Gasteiger partial charge in [0.2, 0.25) is 5.70 Å². The molecule has 0 heterocycles. The Hall–Kier alpha value is -1.47. The number of aliphatic hydroxyl groups is 1. The van der Waals surface area contributed by atoms with Gasteiger partial charge in [0.15, 0.2) is 5.78 Å². The van der Waals surface area contributed by atoms with Crippen LogP contribution in [0.5, 0.6) is 0 Å². The number of allylic oxidation sites excluding steroid dienone is 2. The molecule has 4 saturated carbocycles. The van der Waals surface area contributed by atoms with Crippen molar-refractivity contribution in [3.05, 3.63) is 23.2 Å². The summed E-state index contributed by atoms with van der Waals surface area (Å²) >= 11 is 0. The first-order valence-corrected chi connectivity index (χ1v) is 14.9.